The molecule has 1 aromatic carbocycles. The van der Waals surface area contributed by atoms with Crippen LogP contribution < -0.4 is 0 Å². The van der Waals surface area contributed by atoms with E-state index >= 15 is 0 Å². The first-order valence-electron chi connectivity index (χ1n) is 4.95. The lowest BCUT2D eigenvalue weighted by molar-refractivity contribution is 1.27. The third kappa shape index (κ3) is 2.13. The molecule has 0 aliphatic heterocycles. The maximum absolute atomic E-state index is 4.36. The molecule has 0 spiro atoms. The molecule has 1 heterocycles. The van der Waals surface area contributed by atoms with Crippen LogP contribution in [-0.4, -0.2) is 4.98 Å². The second-order valence-corrected chi connectivity index (χ2v) is 3.58. The molecule has 1 nitrogen and oxygen atoms in total. The summed E-state index contributed by atoms with van der Waals surface area (Å²) in [6.45, 7) is 5.83. The van der Waals surface area contributed by atoms with Crippen LogP contribution >= 0.6 is 0 Å². The highest BCUT2D eigenvalue weighted by atomic mass is 14.7. The molecule has 0 N–H and O–H groups in total. The second-order valence-electron chi connectivity index (χ2n) is 3.58. The van der Waals surface area contributed by atoms with E-state index in [-0.39, 0.29) is 0 Å². The number of pyridine rings is 1. The van der Waals surface area contributed by atoms with E-state index in [0.717, 1.165) is 16.8 Å². The number of allylic oxidation sites excluding steroid dienone is 1. The topological polar surface area (TPSA) is 12.9 Å². The van der Waals surface area contributed by atoms with Crippen molar-refractivity contribution < 1.29 is 0 Å². The fourth-order valence-corrected chi connectivity index (χ4v) is 1.45. The molecule has 2 aromatic rings. The average Bonchev–Trinajstić information content (AvgIpc) is 2.30. The minimum Gasteiger partial charge on any atom is -0.256 e. The Morgan fingerprint density at radius 2 is 1.73 bits per heavy atom. The molecule has 2 rings (SSSR count). The lowest BCUT2D eigenvalue weighted by Crippen LogP contribution is -1.85. The van der Waals surface area contributed by atoms with Crippen molar-refractivity contribution in [1.29, 1.82) is 0 Å². The van der Waals surface area contributed by atoms with Crippen LogP contribution in [0.1, 0.15) is 12.6 Å². The molecule has 0 aliphatic carbocycles. The van der Waals surface area contributed by atoms with E-state index in [4.69, 9.17) is 0 Å². The van der Waals surface area contributed by atoms with Gasteiger partial charge in [-0.1, -0.05) is 43.0 Å². The first-order valence-corrected chi connectivity index (χ1v) is 4.95. The van der Waals surface area contributed by atoms with Gasteiger partial charge in [-0.3, -0.25) is 4.98 Å². The van der Waals surface area contributed by atoms with Gasteiger partial charge in [-0.05, 0) is 24.1 Å². The van der Waals surface area contributed by atoms with Crippen molar-refractivity contribution in [3.63, 3.8) is 0 Å². The Morgan fingerprint density at radius 3 is 2.27 bits per heavy atom. The van der Waals surface area contributed by atoms with Crippen LogP contribution in [0.25, 0.3) is 16.7 Å². The summed E-state index contributed by atoms with van der Waals surface area (Å²) in [5.74, 6) is 0. The molecule has 0 saturated heterocycles. The highest BCUT2D eigenvalue weighted by Gasteiger charge is 1.98. The Balaban J connectivity index is 2.36. The molecule has 74 valence electrons. The van der Waals surface area contributed by atoms with Crippen LogP contribution in [0, 0.1) is 0 Å². The van der Waals surface area contributed by atoms with Gasteiger partial charge in [-0.25, -0.2) is 0 Å². The van der Waals surface area contributed by atoms with Gasteiger partial charge in [0.2, 0.25) is 0 Å². The van der Waals surface area contributed by atoms with E-state index in [0.29, 0.717) is 0 Å². The van der Waals surface area contributed by atoms with Crippen molar-refractivity contribution in [2.24, 2.45) is 0 Å². The molecule has 0 fully saturated rings. The van der Waals surface area contributed by atoms with Gasteiger partial charge in [0.15, 0.2) is 0 Å². The van der Waals surface area contributed by atoms with E-state index in [1.165, 1.54) is 5.56 Å². The quantitative estimate of drug-likeness (QED) is 0.710. The number of benzene rings is 1. The standard InChI is InChI=1S/C14H13N/c1-11(2)14-9-8-13(10-15-14)12-6-4-3-5-7-12/h3-10H,1H2,2H3. The summed E-state index contributed by atoms with van der Waals surface area (Å²) in [7, 11) is 0. The van der Waals surface area contributed by atoms with Crippen molar-refractivity contribution in [1.82, 2.24) is 4.98 Å². The van der Waals surface area contributed by atoms with E-state index in [1.807, 2.05) is 37.4 Å². The molecule has 1 heteroatoms. The fourth-order valence-electron chi connectivity index (χ4n) is 1.45. The van der Waals surface area contributed by atoms with Crippen LogP contribution in [0.5, 0.6) is 0 Å². The number of hydrogen-bond donors (Lipinski definition) is 0. The average molecular weight is 195 g/mol. The van der Waals surface area contributed by atoms with Gasteiger partial charge in [0.25, 0.3) is 0 Å². The zero-order valence-corrected chi connectivity index (χ0v) is 8.77. The molecule has 0 atom stereocenters. The van der Waals surface area contributed by atoms with Gasteiger partial charge in [0, 0.05) is 11.8 Å². The van der Waals surface area contributed by atoms with Gasteiger partial charge < -0.3 is 0 Å². The molecule has 0 bridgehead atoms. The largest absolute Gasteiger partial charge is 0.256 e. The SMILES string of the molecule is C=C(C)c1ccc(-c2ccccc2)cn1. The molecule has 0 radical (unpaired) electrons. The third-order valence-corrected chi connectivity index (χ3v) is 2.31. The fraction of sp³-hybridized carbons (Fsp3) is 0.0714. The highest BCUT2D eigenvalue weighted by molar-refractivity contribution is 5.65. The normalized spacial score (nSPS) is 9.93. The molecule has 0 amide bonds. The third-order valence-electron chi connectivity index (χ3n) is 2.31. The van der Waals surface area contributed by atoms with E-state index < -0.39 is 0 Å². The summed E-state index contributed by atoms with van der Waals surface area (Å²) < 4.78 is 0. The summed E-state index contributed by atoms with van der Waals surface area (Å²) in [6.07, 6.45) is 1.89. The summed E-state index contributed by atoms with van der Waals surface area (Å²) >= 11 is 0. The molecule has 15 heavy (non-hydrogen) atoms. The van der Waals surface area contributed by atoms with Crippen molar-refractivity contribution in [2.45, 2.75) is 6.92 Å². The Morgan fingerprint density at radius 1 is 1.00 bits per heavy atom. The van der Waals surface area contributed by atoms with Crippen molar-refractivity contribution in [3.8, 4) is 11.1 Å². The Bertz CT molecular complexity index is 454. The van der Waals surface area contributed by atoms with Gasteiger partial charge >= 0.3 is 0 Å². The second kappa shape index (κ2) is 4.09. The number of aromatic nitrogens is 1. The van der Waals surface area contributed by atoms with Gasteiger partial charge in [0.1, 0.15) is 0 Å². The number of hydrogen-bond acceptors (Lipinski definition) is 1. The number of nitrogens with zero attached hydrogens (tertiary/aromatic N) is 1. The van der Waals surface area contributed by atoms with E-state index in [9.17, 15) is 0 Å². The minimum atomic E-state index is 0.953. The summed E-state index contributed by atoms with van der Waals surface area (Å²) in [6, 6.07) is 14.3. The molecule has 0 saturated carbocycles. The molecule has 0 aliphatic rings. The van der Waals surface area contributed by atoms with Crippen LogP contribution in [0.4, 0.5) is 0 Å². The predicted octanol–water partition coefficient (Wildman–Crippen LogP) is 3.78. The van der Waals surface area contributed by atoms with E-state index in [1.54, 1.807) is 0 Å². The van der Waals surface area contributed by atoms with Gasteiger partial charge in [0.05, 0.1) is 5.69 Å². The zero-order valence-electron chi connectivity index (χ0n) is 8.77. The lowest BCUT2D eigenvalue weighted by Gasteiger charge is -2.02. The summed E-state index contributed by atoms with van der Waals surface area (Å²) in [5, 5.41) is 0. The van der Waals surface area contributed by atoms with Crippen molar-refractivity contribution in [3.05, 3.63) is 60.9 Å². The smallest absolute Gasteiger partial charge is 0.0653 e. The molecular weight excluding hydrogens is 182 g/mol. The summed E-state index contributed by atoms with van der Waals surface area (Å²) in [4.78, 5) is 4.36. The van der Waals surface area contributed by atoms with Crippen LogP contribution in [0.3, 0.4) is 0 Å². The molecular formula is C14H13N. The van der Waals surface area contributed by atoms with Crippen molar-refractivity contribution in [2.75, 3.05) is 0 Å². The predicted molar refractivity (Wildman–Crippen MR) is 64.4 cm³/mol. The van der Waals surface area contributed by atoms with Crippen LogP contribution in [-0.2, 0) is 0 Å². The monoisotopic (exact) mass is 195 g/mol. The Kier molecular flexibility index (Phi) is 2.64. The lowest BCUT2D eigenvalue weighted by atomic mass is 10.1. The first kappa shape index (κ1) is 9.66. The van der Waals surface area contributed by atoms with Gasteiger partial charge in [-0.15, -0.1) is 0 Å². The molecule has 1 aromatic heterocycles. The Labute approximate surface area is 90.1 Å². The van der Waals surface area contributed by atoms with E-state index in [2.05, 4.69) is 29.8 Å². The molecule has 0 unspecified atom stereocenters. The van der Waals surface area contributed by atoms with Gasteiger partial charge in [-0.2, -0.15) is 0 Å². The minimum absolute atomic E-state index is 0.953. The first-order chi connectivity index (χ1) is 7.27. The van der Waals surface area contributed by atoms with Crippen LogP contribution in [0.2, 0.25) is 0 Å². The zero-order chi connectivity index (χ0) is 10.7. The maximum atomic E-state index is 4.36. The maximum Gasteiger partial charge on any atom is 0.0653 e. The highest BCUT2D eigenvalue weighted by Crippen LogP contribution is 2.19. The Hall–Kier alpha value is -1.89. The van der Waals surface area contributed by atoms with Crippen molar-refractivity contribution >= 4 is 5.57 Å². The number of rotatable bonds is 2. The summed E-state index contributed by atoms with van der Waals surface area (Å²) in [5.41, 5.74) is 4.28. The van der Waals surface area contributed by atoms with Crippen LogP contribution in [0.15, 0.2) is 55.2 Å².